The van der Waals surface area contributed by atoms with E-state index in [1.165, 1.54) is 21.3 Å². The number of halogens is 1. The summed E-state index contributed by atoms with van der Waals surface area (Å²) in [7, 11) is -0.0758. The van der Waals surface area contributed by atoms with Crippen LogP contribution in [0.4, 0.5) is 4.39 Å². The predicted molar refractivity (Wildman–Crippen MR) is 127 cm³/mol. The van der Waals surface area contributed by atoms with E-state index in [0.717, 1.165) is 27.7 Å². The van der Waals surface area contributed by atoms with E-state index in [2.05, 4.69) is 0 Å². The van der Waals surface area contributed by atoms with Gasteiger partial charge in [-0.1, -0.05) is 48.5 Å². The molecule has 1 aromatic heterocycles. The summed E-state index contributed by atoms with van der Waals surface area (Å²) in [5.74, 6) is -0.692. The lowest BCUT2D eigenvalue weighted by Crippen LogP contribution is -2.27. The van der Waals surface area contributed by atoms with Gasteiger partial charge in [-0.2, -0.15) is 9.40 Å². The maximum atomic E-state index is 14.8. The summed E-state index contributed by atoms with van der Waals surface area (Å²) in [5.41, 5.74) is 2.99. The lowest BCUT2D eigenvalue weighted by atomic mass is 10.1. The summed E-state index contributed by atoms with van der Waals surface area (Å²) in [4.78, 5) is -0.496. The van der Waals surface area contributed by atoms with E-state index in [1.54, 1.807) is 10.9 Å². The van der Waals surface area contributed by atoms with Crippen LogP contribution >= 0.6 is 0 Å². The van der Waals surface area contributed by atoms with Gasteiger partial charge < -0.3 is 9.47 Å². The molecule has 0 aliphatic heterocycles. The van der Waals surface area contributed by atoms with Gasteiger partial charge in [0.2, 0.25) is 10.0 Å². The van der Waals surface area contributed by atoms with Crippen molar-refractivity contribution in [3.8, 4) is 28.4 Å². The molecule has 176 valence electrons. The zero-order valence-corrected chi connectivity index (χ0v) is 19.8. The van der Waals surface area contributed by atoms with Crippen molar-refractivity contribution < 1.29 is 22.3 Å². The van der Waals surface area contributed by atoms with Crippen molar-refractivity contribution in [2.24, 2.45) is 0 Å². The van der Waals surface area contributed by atoms with Crippen LogP contribution < -0.4 is 9.47 Å². The molecule has 1 heterocycles. The number of sulfonamides is 1. The van der Waals surface area contributed by atoms with Crippen molar-refractivity contribution in [3.05, 3.63) is 90.4 Å². The molecular formula is C25H24FN3O4S. The number of rotatable bonds is 8. The standard InChI is InChI=1S/C25H24FN3O4S/c1-28(34(30,31)24-15-23(33-3)22(32-2)14-21(24)26)16-19-17-29(20-12-8-5-9-13-20)27-25(19)18-10-6-4-7-11-18/h4-15,17H,16H2,1-3H3. The van der Waals surface area contributed by atoms with Gasteiger partial charge in [0, 0.05) is 43.0 Å². The van der Waals surface area contributed by atoms with E-state index in [4.69, 9.17) is 14.6 Å². The minimum Gasteiger partial charge on any atom is -0.493 e. The van der Waals surface area contributed by atoms with E-state index in [-0.39, 0.29) is 18.0 Å². The Morgan fingerprint density at radius 1 is 0.941 bits per heavy atom. The molecule has 0 saturated carbocycles. The second-order valence-electron chi connectivity index (χ2n) is 7.55. The van der Waals surface area contributed by atoms with Crippen LogP contribution in [0.5, 0.6) is 11.5 Å². The van der Waals surface area contributed by atoms with Gasteiger partial charge in [-0.3, -0.25) is 0 Å². The molecular weight excluding hydrogens is 457 g/mol. The van der Waals surface area contributed by atoms with Gasteiger partial charge in [-0.15, -0.1) is 0 Å². The van der Waals surface area contributed by atoms with Crippen LogP contribution in [0.2, 0.25) is 0 Å². The quantitative estimate of drug-likeness (QED) is 0.370. The minimum absolute atomic E-state index is 0.0207. The molecule has 4 rings (SSSR count). The maximum absolute atomic E-state index is 14.8. The van der Waals surface area contributed by atoms with E-state index in [0.29, 0.717) is 11.3 Å². The van der Waals surface area contributed by atoms with E-state index >= 15 is 0 Å². The van der Waals surface area contributed by atoms with Crippen molar-refractivity contribution in [2.75, 3.05) is 21.3 Å². The molecule has 0 bridgehead atoms. The third-order valence-electron chi connectivity index (χ3n) is 5.38. The second-order valence-corrected chi connectivity index (χ2v) is 9.56. The maximum Gasteiger partial charge on any atom is 0.246 e. The first-order chi connectivity index (χ1) is 16.3. The first-order valence-electron chi connectivity index (χ1n) is 10.4. The zero-order chi connectivity index (χ0) is 24.3. The highest BCUT2D eigenvalue weighted by Gasteiger charge is 2.28. The van der Waals surface area contributed by atoms with Gasteiger partial charge >= 0.3 is 0 Å². The van der Waals surface area contributed by atoms with Crippen LogP contribution in [0, 0.1) is 5.82 Å². The van der Waals surface area contributed by atoms with Crippen molar-refractivity contribution in [2.45, 2.75) is 11.4 Å². The number of hydrogen-bond acceptors (Lipinski definition) is 5. The molecule has 0 unspecified atom stereocenters. The predicted octanol–water partition coefficient (Wildman–Crippen LogP) is 4.52. The Morgan fingerprint density at radius 3 is 2.15 bits per heavy atom. The molecule has 3 aromatic carbocycles. The highest BCUT2D eigenvalue weighted by Crippen LogP contribution is 2.34. The number of benzene rings is 3. The van der Waals surface area contributed by atoms with E-state index in [1.807, 2.05) is 60.7 Å². The number of hydrogen-bond donors (Lipinski definition) is 0. The van der Waals surface area contributed by atoms with Crippen LogP contribution in [0.3, 0.4) is 0 Å². The van der Waals surface area contributed by atoms with Gasteiger partial charge in [0.1, 0.15) is 10.7 Å². The first-order valence-corrected chi connectivity index (χ1v) is 11.9. The molecule has 9 heteroatoms. The molecule has 0 aliphatic carbocycles. The van der Waals surface area contributed by atoms with Crippen LogP contribution in [0.25, 0.3) is 16.9 Å². The second kappa shape index (κ2) is 9.66. The molecule has 0 fully saturated rings. The zero-order valence-electron chi connectivity index (χ0n) is 19.0. The Balaban J connectivity index is 1.74. The molecule has 34 heavy (non-hydrogen) atoms. The fourth-order valence-electron chi connectivity index (χ4n) is 3.60. The summed E-state index contributed by atoms with van der Waals surface area (Å²) in [6.45, 7) is -0.0207. The molecule has 4 aromatic rings. The summed E-state index contributed by atoms with van der Waals surface area (Å²) in [6.07, 6.45) is 1.79. The average Bonchev–Trinajstić information content (AvgIpc) is 3.28. The number of ether oxygens (including phenoxy) is 2. The van der Waals surface area contributed by atoms with Crippen molar-refractivity contribution >= 4 is 10.0 Å². The fourth-order valence-corrected chi connectivity index (χ4v) is 4.81. The molecule has 0 spiro atoms. The van der Waals surface area contributed by atoms with Gasteiger partial charge in [0.15, 0.2) is 11.5 Å². The lowest BCUT2D eigenvalue weighted by Gasteiger charge is -2.19. The summed E-state index contributed by atoms with van der Waals surface area (Å²) >= 11 is 0. The molecule has 0 radical (unpaired) electrons. The Kier molecular flexibility index (Phi) is 6.67. The highest BCUT2D eigenvalue weighted by atomic mass is 32.2. The van der Waals surface area contributed by atoms with E-state index in [9.17, 15) is 12.8 Å². The lowest BCUT2D eigenvalue weighted by molar-refractivity contribution is 0.349. The van der Waals surface area contributed by atoms with E-state index < -0.39 is 20.7 Å². The number of nitrogens with zero attached hydrogens (tertiary/aromatic N) is 3. The Hall–Kier alpha value is -3.69. The van der Waals surface area contributed by atoms with Crippen molar-refractivity contribution in [3.63, 3.8) is 0 Å². The van der Waals surface area contributed by atoms with Crippen molar-refractivity contribution in [1.29, 1.82) is 0 Å². The third kappa shape index (κ3) is 4.52. The molecule has 0 N–H and O–H groups in total. The SMILES string of the molecule is COc1cc(F)c(S(=O)(=O)N(C)Cc2cn(-c3ccccc3)nc2-c2ccccc2)cc1OC. The number of para-hydroxylation sites is 1. The van der Waals surface area contributed by atoms with Gasteiger partial charge in [-0.25, -0.2) is 17.5 Å². The van der Waals surface area contributed by atoms with Crippen LogP contribution in [-0.4, -0.2) is 43.8 Å². The largest absolute Gasteiger partial charge is 0.493 e. The van der Waals surface area contributed by atoms with Crippen LogP contribution in [0.1, 0.15) is 5.56 Å². The summed E-state index contributed by atoms with van der Waals surface area (Å²) < 4.78 is 54.4. The Bertz CT molecular complexity index is 1390. The molecule has 7 nitrogen and oxygen atoms in total. The van der Waals surface area contributed by atoms with Crippen LogP contribution in [0.15, 0.2) is 83.9 Å². The van der Waals surface area contributed by atoms with Gasteiger partial charge in [0.25, 0.3) is 0 Å². The normalized spacial score (nSPS) is 11.6. The minimum atomic E-state index is -4.19. The third-order valence-corrected chi connectivity index (χ3v) is 7.20. The van der Waals surface area contributed by atoms with Crippen LogP contribution in [-0.2, 0) is 16.6 Å². The molecule has 0 aliphatic rings. The molecule has 0 amide bonds. The number of aromatic nitrogens is 2. The summed E-state index contributed by atoms with van der Waals surface area (Å²) in [5, 5.41) is 4.71. The Labute approximate surface area is 198 Å². The van der Waals surface area contributed by atoms with Gasteiger partial charge in [0.05, 0.1) is 25.6 Å². The average molecular weight is 482 g/mol. The smallest absolute Gasteiger partial charge is 0.246 e. The fraction of sp³-hybridized carbons (Fsp3) is 0.160. The molecule has 0 atom stereocenters. The summed E-state index contributed by atoms with van der Waals surface area (Å²) in [6, 6.07) is 21.1. The topological polar surface area (TPSA) is 73.7 Å². The van der Waals surface area contributed by atoms with Gasteiger partial charge in [-0.05, 0) is 12.1 Å². The highest BCUT2D eigenvalue weighted by molar-refractivity contribution is 7.89. The monoisotopic (exact) mass is 481 g/mol. The van der Waals surface area contributed by atoms with Crippen molar-refractivity contribution in [1.82, 2.24) is 14.1 Å². The molecule has 0 saturated heterocycles. The number of methoxy groups -OCH3 is 2. The first kappa shape index (κ1) is 23.5. The Morgan fingerprint density at radius 2 is 1.53 bits per heavy atom.